The van der Waals surface area contributed by atoms with Gasteiger partial charge < -0.3 is 9.47 Å². The summed E-state index contributed by atoms with van der Waals surface area (Å²) in [6.07, 6.45) is 2.51. The number of fused-ring (bicyclic) bond motifs is 1. The third-order valence-electron chi connectivity index (χ3n) is 4.60. The normalized spacial score (nSPS) is 14.2. The molecule has 126 valence electrons. The lowest BCUT2D eigenvalue weighted by Crippen LogP contribution is -2.22. The molecule has 0 radical (unpaired) electrons. The second-order valence-electron chi connectivity index (χ2n) is 6.26. The first kappa shape index (κ1) is 17.1. The molecule has 2 aromatic carbocycles. The highest BCUT2D eigenvalue weighted by atomic mass is 35.5. The summed E-state index contributed by atoms with van der Waals surface area (Å²) in [6, 6.07) is 14.5. The number of aromatic nitrogens is 2. The van der Waals surface area contributed by atoms with Crippen molar-refractivity contribution in [3.8, 4) is 0 Å². The Morgan fingerprint density at radius 2 is 1.75 bits per heavy atom. The quantitative estimate of drug-likeness (QED) is 0.649. The van der Waals surface area contributed by atoms with Crippen molar-refractivity contribution in [1.29, 1.82) is 0 Å². The molecule has 1 aromatic heterocycles. The number of hydrogen-bond acceptors (Lipinski definition) is 2. The van der Waals surface area contributed by atoms with Crippen molar-refractivity contribution in [3.63, 3.8) is 0 Å². The molecule has 2 heterocycles. The van der Waals surface area contributed by atoms with E-state index in [9.17, 15) is 0 Å². The Kier molecular flexibility index (Phi) is 5.02. The number of benzene rings is 2. The molecule has 0 unspecified atom stereocenters. The lowest BCUT2D eigenvalue weighted by atomic mass is 10.2. The molecule has 0 bridgehead atoms. The van der Waals surface area contributed by atoms with Crippen LogP contribution in [-0.2, 0) is 6.54 Å². The summed E-state index contributed by atoms with van der Waals surface area (Å²) < 4.78 is 2.34. The van der Waals surface area contributed by atoms with Crippen LogP contribution in [-0.4, -0.2) is 22.6 Å². The third kappa shape index (κ3) is 3.11. The molecule has 0 amide bonds. The third-order valence-corrected chi connectivity index (χ3v) is 4.86. The Balaban J connectivity index is 0.00000169. The minimum atomic E-state index is 0. The van der Waals surface area contributed by atoms with Crippen molar-refractivity contribution in [2.75, 3.05) is 18.0 Å². The molecule has 0 aliphatic carbocycles. The molecule has 24 heavy (non-hydrogen) atoms. The molecule has 3 nitrogen and oxygen atoms in total. The standard InChI is InChI=1S/C19H20ClN3.ClH/c1-14-5-4-6-17-18(14)21-19(22-11-2-3-12-22)23(17)13-15-7-9-16(20)10-8-15;/h4-10H,2-3,11-13H2,1H3;1H. The van der Waals surface area contributed by atoms with Crippen molar-refractivity contribution in [1.82, 2.24) is 9.55 Å². The van der Waals surface area contributed by atoms with E-state index in [1.807, 2.05) is 12.1 Å². The molecule has 1 saturated heterocycles. The first-order valence-electron chi connectivity index (χ1n) is 8.17. The number of imidazole rings is 1. The second kappa shape index (κ2) is 7.04. The minimum absolute atomic E-state index is 0. The van der Waals surface area contributed by atoms with Crippen molar-refractivity contribution >= 4 is 41.0 Å². The molecular weight excluding hydrogens is 341 g/mol. The van der Waals surface area contributed by atoms with Gasteiger partial charge >= 0.3 is 0 Å². The summed E-state index contributed by atoms with van der Waals surface area (Å²) in [5.41, 5.74) is 4.80. The fraction of sp³-hybridized carbons (Fsp3) is 0.316. The zero-order valence-electron chi connectivity index (χ0n) is 13.7. The number of anilines is 1. The maximum absolute atomic E-state index is 6.02. The van der Waals surface area contributed by atoms with E-state index >= 15 is 0 Å². The SMILES string of the molecule is Cc1cccc2c1nc(N1CCCC1)n2Cc1ccc(Cl)cc1.Cl. The van der Waals surface area contributed by atoms with Gasteiger partial charge in [-0.25, -0.2) is 4.98 Å². The molecule has 1 aliphatic rings. The maximum Gasteiger partial charge on any atom is 0.206 e. The van der Waals surface area contributed by atoms with E-state index in [2.05, 4.69) is 46.7 Å². The zero-order chi connectivity index (χ0) is 15.8. The van der Waals surface area contributed by atoms with Crippen LogP contribution in [0.5, 0.6) is 0 Å². The van der Waals surface area contributed by atoms with Crippen molar-refractivity contribution in [2.24, 2.45) is 0 Å². The Morgan fingerprint density at radius 3 is 2.46 bits per heavy atom. The number of rotatable bonds is 3. The van der Waals surface area contributed by atoms with E-state index < -0.39 is 0 Å². The first-order valence-corrected chi connectivity index (χ1v) is 8.55. The smallest absolute Gasteiger partial charge is 0.206 e. The molecule has 0 spiro atoms. The minimum Gasteiger partial charge on any atom is -0.342 e. The Hall–Kier alpha value is -1.71. The van der Waals surface area contributed by atoms with Crippen LogP contribution in [0.4, 0.5) is 5.95 Å². The van der Waals surface area contributed by atoms with E-state index in [1.54, 1.807) is 0 Å². The van der Waals surface area contributed by atoms with Gasteiger partial charge in [0.05, 0.1) is 17.6 Å². The maximum atomic E-state index is 6.02. The van der Waals surface area contributed by atoms with E-state index in [0.717, 1.165) is 36.1 Å². The number of para-hydroxylation sites is 1. The van der Waals surface area contributed by atoms with Gasteiger partial charge in [0.15, 0.2) is 0 Å². The first-order chi connectivity index (χ1) is 11.2. The molecule has 0 saturated carbocycles. The van der Waals surface area contributed by atoms with Gasteiger partial charge in [-0.05, 0) is 49.1 Å². The van der Waals surface area contributed by atoms with Crippen molar-refractivity contribution < 1.29 is 0 Å². The second-order valence-corrected chi connectivity index (χ2v) is 6.70. The molecule has 1 fully saturated rings. The van der Waals surface area contributed by atoms with Crippen molar-refractivity contribution in [2.45, 2.75) is 26.3 Å². The molecule has 0 N–H and O–H groups in total. The number of nitrogens with zero attached hydrogens (tertiary/aromatic N) is 3. The van der Waals surface area contributed by atoms with Gasteiger partial charge in [-0.15, -0.1) is 12.4 Å². The van der Waals surface area contributed by atoms with E-state index in [0.29, 0.717) is 0 Å². The van der Waals surface area contributed by atoms with Gasteiger partial charge in [0.2, 0.25) is 5.95 Å². The highest BCUT2D eigenvalue weighted by Gasteiger charge is 2.20. The summed E-state index contributed by atoms with van der Waals surface area (Å²) in [7, 11) is 0. The summed E-state index contributed by atoms with van der Waals surface area (Å²) >= 11 is 6.02. The summed E-state index contributed by atoms with van der Waals surface area (Å²) in [5, 5.41) is 0.778. The predicted octanol–water partition coefficient (Wildman–Crippen LogP) is 5.07. The van der Waals surface area contributed by atoms with Crippen LogP contribution in [0.1, 0.15) is 24.0 Å². The lowest BCUT2D eigenvalue weighted by Gasteiger charge is -2.18. The van der Waals surface area contributed by atoms with E-state index in [1.165, 1.54) is 29.5 Å². The highest BCUT2D eigenvalue weighted by Crippen LogP contribution is 2.28. The van der Waals surface area contributed by atoms with Gasteiger partial charge in [0.1, 0.15) is 0 Å². The van der Waals surface area contributed by atoms with Crippen LogP contribution in [0.25, 0.3) is 11.0 Å². The number of aryl methyl sites for hydroxylation is 1. The summed E-state index contributed by atoms with van der Waals surface area (Å²) in [5.74, 6) is 1.10. The van der Waals surface area contributed by atoms with Gasteiger partial charge in [-0.3, -0.25) is 0 Å². The van der Waals surface area contributed by atoms with E-state index in [4.69, 9.17) is 16.6 Å². The van der Waals surface area contributed by atoms with Crippen LogP contribution in [0, 0.1) is 6.92 Å². The topological polar surface area (TPSA) is 21.1 Å². The van der Waals surface area contributed by atoms with Gasteiger partial charge in [-0.1, -0.05) is 35.9 Å². The molecule has 4 rings (SSSR count). The molecule has 3 aromatic rings. The summed E-state index contributed by atoms with van der Waals surface area (Å²) in [4.78, 5) is 7.38. The van der Waals surface area contributed by atoms with Crippen LogP contribution >= 0.6 is 24.0 Å². The Labute approximate surface area is 153 Å². The van der Waals surface area contributed by atoms with Gasteiger partial charge in [0.25, 0.3) is 0 Å². The molecular formula is C19H21Cl2N3. The highest BCUT2D eigenvalue weighted by molar-refractivity contribution is 6.30. The largest absolute Gasteiger partial charge is 0.342 e. The predicted molar refractivity (Wildman–Crippen MR) is 104 cm³/mol. The fourth-order valence-electron chi connectivity index (χ4n) is 3.36. The fourth-order valence-corrected chi connectivity index (χ4v) is 3.49. The zero-order valence-corrected chi connectivity index (χ0v) is 15.3. The average molecular weight is 362 g/mol. The summed E-state index contributed by atoms with van der Waals surface area (Å²) in [6.45, 7) is 5.16. The van der Waals surface area contributed by atoms with E-state index in [-0.39, 0.29) is 12.4 Å². The van der Waals surface area contributed by atoms with Crippen LogP contribution in [0.15, 0.2) is 42.5 Å². The van der Waals surface area contributed by atoms with Crippen molar-refractivity contribution in [3.05, 3.63) is 58.6 Å². The van der Waals surface area contributed by atoms with Crippen LogP contribution in [0.2, 0.25) is 5.02 Å². The molecule has 5 heteroatoms. The van der Waals surface area contributed by atoms with Gasteiger partial charge in [-0.2, -0.15) is 0 Å². The lowest BCUT2D eigenvalue weighted by molar-refractivity contribution is 0.776. The van der Waals surface area contributed by atoms with Gasteiger partial charge in [0, 0.05) is 18.1 Å². The number of hydrogen-bond donors (Lipinski definition) is 0. The van der Waals surface area contributed by atoms with Crippen LogP contribution in [0.3, 0.4) is 0 Å². The average Bonchev–Trinajstić information content (AvgIpc) is 3.18. The monoisotopic (exact) mass is 361 g/mol. The van der Waals surface area contributed by atoms with Crippen LogP contribution < -0.4 is 4.90 Å². The number of halogens is 2. The Bertz CT molecular complexity index is 834. The Morgan fingerprint density at radius 1 is 1.04 bits per heavy atom. The molecule has 1 aliphatic heterocycles. The molecule has 0 atom stereocenters.